The van der Waals surface area contributed by atoms with E-state index in [1.165, 1.54) is 11.8 Å². The highest BCUT2D eigenvalue weighted by Gasteiger charge is 2.38. The van der Waals surface area contributed by atoms with E-state index in [0.717, 1.165) is 33.7 Å². The van der Waals surface area contributed by atoms with Crippen LogP contribution in [0, 0.1) is 20.8 Å². The van der Waals surface area contributed by atoms with Gasteiger partial charge in [-0.25, -0.2) is 4.68 Å². The summed E-state index contributed by atoms with van der Waals surface area (Å²) in [7, 11) is 0. The van der Waals surface area contributed by atoms with Crippen LogP contribution in [0.15, 0.2) is 78.0 Å². The number of benzene rings is 3. The average Bonchev–Trinajstić information content (AvgIpc) is 3.24. The lowest BCUT2D eigenvalue weighted by molar-refractivity contribution is -0.116. The predicted octanol–water partition coefficient (Wildman–Crippen LogP) is 5.18. The van der Waals surface area contributed by atoms with Crippen LogP contribution in [0.25, 0.3) is 0 Å². The number of nitrogens with zero attached hydrogens (tertiary/aromatic N) is 3. The number of para-hydroxylation sites is 1. The quantitative estimate of drug-likeness (QED) is 0.392. The number of ether oxygens (including phenoxy) is 1. The van der Waals surface area contributed by atoms with Gasteiger partial charge in [-0.2, -0.15) is 0 Å². The summed E-state index contributed by atoms with van der Waals surface area (Å²) in [6.45, 7) is 6.35. The molecule has 1 aliphatic heterocycles. The molecular weight excluding hydrogens is 458 g/mol. The summed E-state index contributed by atoms with van der Waals surface area (Å²) in [5, 5.41) is 11.9. The fourth-order valence-corrected chi connectivity index (χ4v) is 5.24. The summed E-state index contributed by atoms with van der Waals surface area (Å²) in [6, 6.07) is 23.6. The van der Waals surface area contributed by atoms with Gasteiger partial charge in [-0.1, -0.05) is 65.9 Å². The molecule has 178 valence electrons. The fourth-order valence-electron chi connectivity index (χ4n) is 4.14. The van der Waals surface area contributed by atoms with E-state index in [9.17, 15) is 4.79 Å². The van der Waals surface area contributed by atoms with E-state index >= 15 is 0 Å². The molecule has 0 radical (unpaired) electrons. The number of hydrogen-bond acceptors (Lipinski definition) is 6. The van der Waals surface area contributed by atoms with E-state index in [-0.39, 0.29) is 18.6 Å². The van der Waals surface area contributed by atoms with Crippen molar-refractivity contribution in [3.05, 3.63) is 101 Å². The lowest BCUT2D eigenvalue weighted by Crippen LogP contribution is -2.41. The van der Waals surface area contributed by atoms with Crippen LogP contribution in [-0.4, -0.2) is 26.0 Å². The van der Waals surface area contributed by atoms with E-state index in [1.807, 2.05) is 67.9 Å². The number of carbonyl (C=O) groups is 1. The molecule has 5 rings (SSSR count). The monoisotopic (exact) mass is 485 g/mol. The van der Waals surface area contributed by atoms with Gasteiger partial charge in [0.15, 0.2) is 5.82 Å². The number of carbonyl (C=O) groups excluding carboxylic acids is 1. The van der Waals surface area contributed by atoms with Crippen molar-refractivity contribution in [1.82, 2.24) is 14.9 Å². The Kier molecular flexibility index (Phi) is 6.46. The van der Waals surface area contributed by atoms with Crippen molar-refractivity contribution in [2.24, 2.45) is 0 Å². The van der Waals surface area contributed by atoms with E-state index in [4.69, 9.17) is 4.74 Å². The van der Waals surface area contributed by atoms with Crippen molar-refractivity contribution in [3.63, 3.8) is 0 Å². The first-order chi connectivity index (χ1) is 17.0. The minimum atomic E-state index is -0.446. The molecule has 2 atom stereocenters. The molecular formula is C27H27N5O2S. The van der Waals surface area contributed by atoms with Crippen LogP contribution in [0.3, 0.4) is 0 Å². The van der Waals surface area contributed by atoms with Crippen molar-refractivity contribution >= 4 is 23.4 Å². The van der Waals surface area contributed by atoms with Crippen LogP contribution < -0.4 is 15.5 Å². The van der Waals surface area contributed by atoms with Gasteiger partial charge in [-0.05, 0) is 61.7 Å². The Balaban J connectivity index is 1.42. The summed E-state index contributed by atoms with van der Waals surface area (Å²) in [5.41, 5.74) is 8.66. The van der Waals surface area contributed by atoms with Crippen LogP contribution in [-0.2, 0) is 11.4 Å². The first-order valence-corrected chi connectivity index (χ1v) is 12.4. The summed E-state index contributed by atoms with van der Waals surface area (Å²) in [6.07, 6.45) is 0. The third-order valence-electron chi connectivity index (χ3n) is 5.80. The Morgan fingerprint density at radius 3 is 2.40 bits per heavy atom. The summed E-state index contributed by atoms with van der Waals surface area (Å²) >= 11 is 1.40. The molecule has 8 heteroatoms. The molecule has 35 heavy (non-hydrogen) atoms. The number of fused-ring (bicyclic) bond motifs is 1. The number of rotatable bonds is 6. The lowest BCUT2D eigenvalue weighted by atomic mass is 10.0. The van der Waals surface area contributed by atoms with Gasteiger partial charge < -0.3 is 15.5 Å². The van der Waals surface area contributed by atoms with Crippen molar-refractivity contribution < 1.29 is 9.53 Å². The fraction of sp³-hybridized carbons (Fsp3) is 0.222. The molecule has 0 fully saturated rings. The van der Waals surface area contributed by atoms with Crippen LogP contribution in [0.5, 0.6) is 5.75 Å². The smallest absolute Gasteiger partial charge is 0.240 e. The highest BCUT2D eigenvalue weighted by atomic mass is 32.2. The van der Waals surface area contributed by atoms with Crippen molar-refractivity contribution in [1.29, 1.82) is 0 Å². The molecule has 3 aromatic carbocycles. The van der Waals surface area contributed by atoms with E-state index in [1.54, 1.807) is 0 Å². The molecule has 2 heterocycles. The first-order valence-electron chi connectivity index (χ1n) is 11.5. The summed E-state index contributed by atoms with van der Waals surface area (Å²) in [4.78, 5) is 13.5. The zero-order valence-electron chi connectivity index (χ0n) is 19.9. The molecule has 1 aliphatic rings. The number of anilines is 1. The zero-order valence-corrected chi connectivity index (χ0v) is 20.7. The lowest BCUT2D eigenvalue weighted by Gasteiger charge is -2.33. The van der Waals surface area contributed by atoms with E-state index in [2.05, 4.69) is 51.3 Å². The first kappa shape index (κ1) is 23.0. The topological polar surface area (TPSA) is 81.1 Å². The highest BCUT2D eigenvalue weighted by Crippen LogP contribution is 2.38. The maximum atomic E-state index is 13.5. The van der Waals surface area contributed by atoms with Gasteiger partial charge in [-0.15, -0.1) is 10.2 Å². The molecule has 2 N–H and O–H groups in total. The van der Waals surface area contributed by atoms with Crippen LogP contribution >= 0.6 is 11.8 Å². The SMILES string of the molecule is Cc1ccc(C2Nn3c(COc4ccccc4)nnc3SC2C(=O)Nc2cc(C)cc(C)c2)cc1. The molecule has 0 aliphatic carbocycles. The number of hydrogen-bond donors (Lipinski definition) is 2. The number of thioether (sulfide) groups is 1. The molecule has 0 spiro atoms. The van der Waals surface area contributed by atoms with Crippen LogP contribution in [0.2, 0.25) is 0 Å². The Hall–Kier alpha value is -3.78. The molecule has 2 unspecified atom stereocenters. The Morgan fingerprint density at radius 1 is 0.971 bits per heavy atom. The molecule has 0 saturated carbocycles. The minimum Gasteiger partial charge on any atom is -0.486 e. The van der Waals surface area contributed by atoms with Gasteiger partial charge in [0.2, 0.25) is 11.1 Å². The maximum absolute atomic E-state index is 13.5. The average molecular weight is 486 g/mol. The minimum absolute atomic E-state index is 0.0885. The van der Waals surface area contributed by atoms with Crippen molar-refractivity contribution in [2.45, 2.75) is 43.8 Å². The second kappa shape index (κ2) is 9.84. The largest absolute Gasteiger partial charge is 0.486 e. The number of nitrogens with one attached hydrogen (secondary N) is 2. The molecule has 0 bridgehead atoms. The van der Waals surface area contributed by atoms with E-state index in [0.29, 0.717) is 11.0 Å². The summed E-state index contributed by atoms with van der Waals surface area (Å²) < 4.78 is 7.73. The second-order valence-corrected chi connectivity index (χ2v) is 9.87. The zero-order chi connectivity index (χ0) is 24.4. The van der Waals surface area contributed by atoms with Gasteiger partial charge in [-0.3, -0.25) is 4.79 Å². The predicted molar refractivity (Wildman–Crippen MR) is 138 cm³/mol. The maximum Gasteiger partial charge on any atom is 0.240 e. The van der Waals surface area contributed by atoms with Gasteiger partial charge in [0.05, 0.1) is 6.04 Å². The standard InChI is InChI=1S/C27H27N5O2S/c1-17-9-11-20(12-10-17)24-25(26(33)28-21-14-18(2)13-19(3)15-21)35-27-30-29-23(32(27)31-24)16-34-22-7-5-4-6-8-22/h4-15,24-25,31H,16H2,1-3H3,(H,28,33). The molecule has 4 aromatic rings. The summed E-state index contributed by atoms with van der Waals surface area (Å²) in [5.74, 6) is 1.31. The van der Waals surface area contributed by atoms with E-state index < -0.39 is 5.25 Å². The number of aryl methyl sites for hydroxylation is 3. The second-order valence-electron chi connectivity index (χ2n) is 8.76. The molecule has 1 aromatic heterocycles. The van der Waals surface area contributed by atoms with Crippen LogP contribution in [0.1, 0.15) is 34.1 Å². The number of aromatic nitrogens is 3. The molecule has 1 amide bonds. The van der Waals surface area contributed by atoms with Gasteiger partial charge >= 0.3 is 0 Å². The van der Waals surface area contributed by atoms with Crippen molar-refractivity contribution in [3.8, 4) is 5.75 Å². The Labute approximate surface area is 208 Å². The Morgan fingerprint density at radius 2 is 1.69 bits per heavy atom. The van der Waals surface area contributed by atoms with Gasteiger partial charge in [0.25, 0.3) is 0 Å². The molecule has 0 saturated heterocycles. The third-order valence-corrected chi connectivity index (χ3v) is 7.01. The highest BCUT2D eigenvalue weighted by molar-refractivity contribution is 8.00. The third kappa shape index (κ3) is 5.17. The van der Waals surface area contributed by atoms with Crippen molar-refractivity contribution in [2.75, 3.05) is 10.7 Å². The van der Waals surface area contributed by atoms with Gasteiger partial charge in [0.1, 0.15) is 17.6 Å². The van der Waals surface area contributed by atoms with Crippen LogP contribution in [0.4, 0.5) is 5.69 Å². The number of amides is 1. The molecule has 7 nitrogen and oxygen atoms in total. The normalized spacial score (nSPS) is 16.8. The Bertz CT molecular complexity index is 1320. The van der Waals surface area contributed by atoms with Gasteiger partial charge in [0, 0.05) is 5.69 Å².